The van der Waals surface area contributed by atoms with Gasteiger partial charge in [-0.3, -0.25) is 9.59 Å². The number of piperidine rings is 1. The number of ether oxygens (including phenoxy) is 2. The van der Waals surface area contributed by atoms with Crippen molar-refractivity contribution < 1.29 is 32.2 Å². The normalized spacial score (nSPS) is 18.2. The molecule has 1 fully saturated rings. The summed E-state index contributed by atoms with van der Waals surface area (Å²) in [5.41, 5.74) is 0.244. The van der Waals surface area contributed by atoms with Crippen LogP contribution in [0.5, 0.6) is 5.75 Å². The van der Waals surface area contributed by atoms with Gasteiger partial charge in [-0.15, -0.1) is 13.2 Å². The van der Waals surface area contributed by atoms with E-state index in [-0.39, 0.29) is 42.3 Å². The minimum Gasteiger partial charge on any atom is -0.466 e. The van der Waals surface area contributed by atoms with Crippen LogP contribution in [0.1, 0.15) is 30.1 Å². The van der Waals surface area contributed by atoms with Crippen molar-refractivity contribution in [3.05, 3.63) is 29.8 Å². The highest BCUT2D eigenvalue weighted by molar-refractivity contribution is 5.94. The second-order valence-corrected chi connectivity index (χ2v) is 5.41. The minimum atomic E-state index is -4.77. The molecule has 1 aromatic rings. The van der Waals surface area contributed by atoms with E-state index in [1.807, 2.05) is 0 Å². The largest absolute Gasteiger partial charge is 0.573 e. The lowest BCUT2D eigenvalue weighted by Crippen LogP contribution is -2.42. The van der Waals surface area contributed by atoms with Crippen LogP contribution in [0.3, 0.4) is 0 Å². The molecule has 5 nitrogen and oxygen atoms in total. The van der Waals surface area contributed by atoms with Crippen molar-refractivity contribution >= 4 is 11.9 Å². The predicted molar refractivity (Wildman–Crippen MR) is 78.4 cm³/mol. The first-order chi connectivity index (χ1) is 11.3. The number of nitrogens with zero attached hydrogens (tertiary/aromatic N) is 1. The lowest BCUT2D eigenvalue weighted by molar-refractivity contribution is -0.274. The van der Waals surface area contributed by atoms with Gasteiger partial charge in [-0.2, -0.15) is 0 Å². The second-order valence-electron chi connectivity index (χ2n) is 5.41. The summed E-state index contributed by atoms with van der Waals surface area (Å²) in [6.07, 6.45) is -3.45. The lowest BCUT2D eigenvalue weighted by Gasteiger charge is -2.31. The summed E-state index contributed by atoms with van der Waals surface area (Å²) in [6, 6.07) is 4.73. The Morgan fingerprint density at radius 2 is 1.92 bits per heavy atom. The quantitative estimate of drug-likeness (QED) is 0.787. The highest BCUT2D eigenvalue weighted by Crippen LogP contribution is 2.24. The highest BCUT2D eigenvalue weighted by Gasteiger charge is 2.32. The van der Waals surface area contributed by atoms with E-state index in [0.29, 0.717) is 19.4 Å². The molecule has 0 aromatic heterocycles. The Morgan fingerprint density at radius 3 is 2.50 bits per heavy atom. The third kappa shape index (κ3) is 4.87. The summed E-state index contributed by atoms with van der Waals surface area (Å²) in [6.45, 7) is 2.74. The topological polar surface area (TPSA) is 55.8 Å². The number of halogens is 3. The van der Waals surface area contributed by atoms with Crippen LogP contribution in [0.25, 0.3) is 0 Å². The van der Waals surface area contributed by atoms with Crippen LogP contribution in [0, 0.1) is 5.92 Å². The molecule has 0 spiro atoms. The van der Waals surface area contributed by atoms with E-state index in [9.17, 15) is 22.8 Å². The molecule has 0 radical (unpaired) electrons. The summed E-state index contributed by atoms with van der Waals surface area (Å²) in [5, 5.41) is 0. The number of hydrogen-bond acceptors (Lipinski definition) is 4. The van der Waals surface area contributed by atoms with Crippen molar-refractivity contribution in [2.24, 2.45) is 5.92 Å². The fourth-order valence-electron chi connectivity index (χ4n) is 2.60. The Labute approximate surface area is 137 Å². The summed E-state index contributed by atoms with van der Waals surface area (Å²) < 4.78 is 45.1. The van der Waals surface area contributed by atoms with Crippen molar-refractivity contribution in [2.45, 2.75) is 26.1 Å². The average Bonchev–Trinajstić information content (AvgIpc) is 2.54. The van der Waals surface area contributed by atoms with Crippen molar-refractivity contribution in [1.29, 1.82) is 0 Å². The number of benzene rings is 1. The average molecular weight is 345 g/mol. The molecule has 1 aliphatic heterocycles. The number of likely N-dealkylation sites (tertiary alicyclic amines) is 1. The summed E-state index contributed by atoms with van der Waals surface area (Å²) in [7, 11) is 0. The Bertz CT molecular complexity index is 586. The van der Waals surface area contributed by atoms with Crippen molar-refractivity contribution in [1.82, 2.24) is 4.90 Å². The first-order valence-electron chi connectivity index (χ1n) is 7.62. The lowest BCUT2D eigenvalue weighted by atomic mass is 9.97. The maximum absolute atomic E-state index is 12.4. The molecule has 1 atom stereocenters. The zero-order valence-electron chi connectivity index (χ0n) is 13.1. The molecule has 2 rings (SSSR count). The molecular formula is C16H18F3NO4. The van der Waals surface area contributed by atoms with Crippen LogP contribution in [-0.4, -0.2) is 42.8 Å². The summed E-state index contributed by atoms with van der Waals surface area (Å²) in [5.74, 6) is -1.41. The van der Waals surface area contributed by atoms with Gasteiger partial charge in [0.2, 0.25) is 0 Å². The van der Waals surface area contributed by atoms with Gasteiger partial charge >= 0.3 is 12.3 Å². The molecule has 1 aliphatic rings. The molecular weight excluding hydrogens is 327 g/mol. The third-order valence-corrected chi connectivity index (χ3v) is 3.66. The van der Waals surface area contributed by atoms with Gasteiger partial charge in [0.25, 0.3) is 5.91 Å². The standard InChI is InChI=1S/C16H18F3NO4/c1-2-23-15(22)12-4-3-9-20(10-12)14(21)11-5-7-13(8-6-11)24-16(17,18)19/h5-8,12H,2-4,9-10H2,1H3/t12-/m0/s1. The second kappa shape index (κ2) is 7.55. The monoisotopic (exact) mass is 345 g/mol. The number of alkyl halides is 3. The molecule has 1 aromatic carbocycles. The fraction of sp³-hybridized carbons (Fsp3) is 0.500. The molecule has 1 heterocycles. The van der Waals surface area contributed by atoms with Crippen LogP contribution in [0.4, 0.5) is 13.2 Å². The number of carbonyl (C=O) groups is 2. The number of esters is 1. The van der Waals surface area contributed by atoms with Gasteiger partial charge in [0.15, 0.2) is 0 Å². The van der Waals surface area contributed by atoms with E-state index in [1.165, 1.54) is 17.0 Å². The highest BCUT2D eigenvalue weighted by atomic mass is 19.4. The summed E-state index contributed by atoms with van der Waals surface area (Å²) >= 11 is 0. The molecule has 0 aliphatic carbocycles. The Morgan fingerprint density at radius 1 is 1.25 bits per heavy atom. The van der Waals surface area contributed by atoms with E-state index in [1.54, 1.807) is 6.92 Å². The van der Waals surface area contributed by atoms with E-state index >= 15 is 0 Å². The van der Waals surface area contributed by atoms with E-state index < -0.39 is 6.36 Å². The van der Waals surface area contributed by atoms with Crippen molar-refractivity contribution in [3.63, 3.8) is 0 Å². The van der Waals surface area contributed by atoms with Gasteiger partial charge in [-0.05, 0) is 44.0 Å². The molecule has 132 valence electrons. The van der Waals surface area contributed by atoms with Crippen LogP contribution in [0.15, 0.2) is 24.3 Å². The molecule has 8 heteroatoms. The first-order valence-corrected chi connectivity index (χ1v) is 7.62. The van der Waals surface area contributed by atoms with Crippen molar-refractivity contribution in [3.8, 4) is 5.75 Å². The SMILES string of the molecule is CCOC(=O)[C@H]1CCCN(C(=O)c2ccc(OC(F)(F)F)cc2)C1. The van der Waals surface area contributed by atoms with Crippen LogP contribution < -0.4 is 4.74 Å². The predicted octanol–water partition coefficient (Wildman–Crippen LogP) is 3.00. The minimum absolute atomic E-state index is 0.244. The number of rotatable bonds is 4. The first kappa shape index (κ1) is 18.1. The molecule has 1 amide bonds. The summed E-state index contributed by atoms with van der Waals surface area (Å²) in [4.78, 5) is 25.7. The van der Waals surface area contributed by atoms with Crippen LogP contribution in [-0.2, 0) is 9.53 Å². The molecule has 0 saturated carbocycles. The zero-order chi connectivity index (χ0) is 17.7. The van der Waals surface area contributed by atoms with Gasteiger partial charge in [0.05, 0.1) is 12.5 Å². The Kier molecular flexibility index (Phi) is 5.69. The van der Waals surface area contributed by atoms with Gasteiger partial charge in [-0.1, -0.05) is 0 Å². The van der Waals surface area contributed by atoms with Gasteiger partial charge < -0.3 is 14.4 Å². The Hall–Kier alpha value is -2.25. The van der Waals surface area contributed by atoms with Crippen LogP contribution in [0.2, 0.25) is 0 Å². The van der Waals surface area contributed by atoms with Crippen molar-refractivity contribution in [2.75, 3.05) is 19.7 Å². The Balaban J connectivity index is 2.01. The van der Waals surface area contributed by atoms with E-state index in [0.717, 1.165) is 12.1 Å². The molecule has 0 bridgehead atoms. The molecule has 1 saturated heterocycles. The van der Waals surface area contributed by atoms with Gasteiger partial charge in [0, 0.05) is 18.7 Å². The third-order valence-electron chi connectivity index (χ3n) is 3.66. The smallest absolute Gasteiger partial charge is 0.466 e. The molecule has 24 heavy (non-hydrogen) atoms. The van der Waals surface area contributed by atoms with Gasteiger partial charge in [0.1, 0.15) is 5.75 Å². The van der Waals surface area contributed by atoms with E-state index in [4.69, 9.17) is 4.74 Å². The number of hydrogen-bond donors (Lipinski definition) is 0. The maximum Gasteiger partial charge on any atom is 0.573 e. The van der Waals surface area contributed by atoms with Gasteiger partial charge in [-0.25, -0.2) is 0 Å². The number of carbonyl (C=O) groups excluding carboxylic acids is 2. The fourth-order valence-corrected chi connectivity index (χ4v) is 2.60. The zero-order valence-corrected chi connectivity index (χ0v) is 13.1. The molecule has 0 N–H and O–H groups in total. The van der Waals surface area contributed by atoms with E-state index in [2.05, 4.69) is 4.74 Å². The molecule has 0 unspecified atom stereocenters. The maximum atomic E-state index is 12.4. The number of amides is 1. The van der Waals surface area contributed by atoms with Crippen LogP contribution >= 0.6 is 0 Å².